The fourth-order valence-corrected chi connectivity index (χ4v) is 6.34. The lowest BCUT2D eigenvalue weighted by Crippen LogP contribution is -2.54. The molecule has 3 aliphatic rings. The molecule has 0 aromatic heterocycles. The number of nitrogens with one attached hydrogen (secondary N) is 1. The van der Waals surface area contributed by atoms with Gasteiger partial charge in [-0.3, -0.25) is 4.90 Å². The van der Waals surface area contributed by atoms with Crippen LogP contribution in [0, 0.1) is 17.8 Å². The van der Waals surface area contributed by atoms with Gasteiger partial charge in [-0.2, -0.15) is 0 Å². The van der Waals surface area contributed by atoms with Crippen LogP contribution in [0.25, 0.3) is 0 Å². The van der Waals surface area contributed by atoms with Crippen LogP contribution in [0.3, 0.4) is 0 Å². The largest absolute Gasteiger partial charge is 0.497 e. The van der Waals surface area contributed by atoms with E-state index in [4.69, 9.17) is 18.9 Å². The molecule has 10 heteroatoms. The third-order valence-electron chi connectivity index (χ3n) is 8.85. The van der Waals surface area contributed by atoms with Crippen molar-refractivity contribution < 1.29 is 33.6 Å². The first kappa shape index (κ1) is 31.1. The first-order valence-corrected chi connectivity index (χ1v) is 15.3. The lowest BCUT2D eigenvalue weighted by atomic mass is 9.78. The van der Waals surface area contributed by atoms with Gasteiger partial charge in [0.1, 0.15) is 11.9 Å². The Hall–Kier alpha value is -3.34. The van der Waals surface area contributed by atoms with Gasteiger partial charge in [-0.05, 0) is 61.4 Å². The molecule has 2 aromatic rings. The average molecular weight is 596 g/mol. The molecule has 2 N–H and O–H groups in total. The van der Waals surface area contributed by atoms with E-state index in [-0.39, 0.29) is 37.0 Å². The van der Waals surface area contributed by atoms with Crippen LogP contribution in [0.1, 0.15) is 38.7 Å². The van der Waals surface area contributed by atoms with Crippen LogP contribution in [0.5, 0.6) is 5.75 Å². The molecule has 3 fully saturated rings. The number of ether oxygens (including phenoxy) is 4. The fraction of sp³-hybridized carbons (Fsp3) is 0.576. The van der Waals surface area contributed by atoms with Crippen LogP contribution in [0.15, 0.2) is 54.6 Å². The van der Waals surface area contributed by atoms with Crippen LogP contribution in [-0.2, 0) is 20.6 Å². The zero-order valence-corrected chi connectivity index (χ0v) is 25.6. The third kappa shape index (κ3) is 7.60. The maximum atomic E-state index is 13.7. The summed E-state index contributed by atoms with van der Waals surface area (Å²) in [5.41, 5.74) is 1.66. The number of aliphatic hydroxyl groups is 1. The molecule has 2 aromatic carbocycles. The van der Waals surface area contributed by atoms with E-state index < -0.39 is 18.2 Å². The van der Waals surface area contributed by atoms with E-state index in [2.05, 4.69) is 19.2 Å². The molecule has 0 radical (unpaired) electrons. The highest BCUT2D eigenvalue weighted by Crippen LogP contribution is 2.46. The van der Waals surface area contributed by atoms with Crippen LogP contribution in [-0.4, -0.2) is 86.6 Å². The van der Waals surface area contributed by atoms with Crippen molar-refractivity contribution in [1.29, 1.82) is 0 Å². The fourth-order valence-electron chi connectivity index (χ4n) is 6.34. The Labute approximate surface area is 254 Å². The Bertz CT molecular complexity index is 1200. The highest BCUT2D eigenvalue weighted by atomic mass is 16.7. The number of hydrogen-bond donors (Lipinski definition) is 2. The van der Waals surface area contributed by atoms with Crippen molar-refractivity contribution in [3.05, 3.63) is 60.2 Å². The Morgan fingerprint density at radius 1 is 1.07 bits per heavy atom. The SMILES string of the molecule is COc1ccc(N(C)C(=O)N(CCC(C)C)CC(O)C(Cc2ccccc2)NC(=O)OC2C3COC4OC2CC4C3)cc1. The number of anilines is 1. The number of alkyl carbamates (subject to hydrolysis) is 1. The molecule has 1 aliphatic carbocycles. The highest BCUT2D eigenvalue weighted by Gasteiger charge is 2.53. The van der Waals surface area contributed by atoms with Gasteiger partial charge in [0.15, 0.2) is 6.29 Å². The van der Waals surface area contributed by atoms with Gasteiger partial charge >= 0.3 is 12.1 Å². The van der Waals surface area contributed by atoms with E-state index >= 15 is 0 Å². The first-order valence-electron chi connectivity index (χ1n) is 15.3. The molecule has 2 heterocycles. The normalized spacial score (nSPS) is 25.2. The number of aliphatic hydroxyl groups excluding tert-OH is 1. The summed E-state index contributed by atoms with van der Waals surface area (Å²) in [6.45, 7) is 5.21. The van der Waals surface area contributed by atoms with Gasteiger partial charge < -0.3 is 34.3 Å². The maximum Gasteiger partial charge on any atom is 0.407 e. The van der Waals surface area contributed by atoms with Gasteiger partial charge in [0.25, 0.3) is 0 Å². The van der Waals surface area contributed by atoms with Crippen molar-refractivity contribution in [3.63, 3.8) is 0 Å². The van der Waals surface area contributed by atoms with E-state index in [0.717, 1.165) is 24.8 Å². The van der Waals surface area contributed by atoms with Gasteiger partial charge in [-0.25, -0.2) is 9.59 Å². The minimum Gasteiger partial charge on any atom is -0.497 e. The molecular formula is C33H45N3O7. The summed E-state index contributed by atoms with van der Waals surface area (Å²) in [4.78, 5) is 30.3. The lowest BCUT2D eigenvalue weighted by Gasteiger charge is -2.37. The Balaban J connectivity index is 1.29. The van der Waals surface area contributed by atoms with Crippen LogP contribution < -0.4 is 15.0 Å². The van der Waals surface area contributed by atoms with Crippen LogP contribution >= 0.6 is 0 Å². The number of hydrogen-bond acceptors (Lipinski definition) is 7. The molecule has 2 saturated heterocycles. The molecule has 1 saturated carbocycles. The van der Waals surface area contributed by atoms with E-state index in [9.17, 15) is 14.7 Å². The number of carbonyl (C=O) groups excluding carboxylic acids is 2. The van der Waals surface area contributed by atoms with Crippen molar-refractivity contribution >= 4 is 17.8 Å². The summed E-state index contributed by atoms with van der Waals surface area (Å²) in [5, 5.41) is 14.5. The monoisotopic (exact) mass is 595 g/mol. The molecule has 234 valence electrons. The molecule has 10 nitrogen and oxygen atoms in total. The number of nitrogens with zero attached hydrogens (tertiary/aromatic N) is 2. The van der Waals surface area contributed by atoms with Crippen molar-refractivity contribution in [3.8, 4) is 5.75 Å². The number of urea groups is 1. The van der Waals surface area contributed by atoms with Crippen molar-refractivity contribution in [2.75, 3.05) is 38.8 Å². The topological polar surface area (TPSA) is 110 Å². The molecule has 3 bridgehead atoms. The van der Waals surface area contributed by atoms with Gasteiger partial charge in [0, 0.05) is 31.1 Å². The molecule has 43 heavy (non-hydrogen) atoms. The predicted octanol–water partition coefficient (Wildman–Crippen LogP) is 4.45. The Morgan fingerprint density at radius 2 is 1.81 bits per heavy atom. The van der Waals surface area contributed by atoms with Crippen LogP contribution in [0.4, 0.5) is 15.3 Å². The van der Waals surface area contributed by atoms with Gasteiger partial charge in [0.2, 0.25) is 0 Å². The second-order valence-corrected chi connectivity index (χ2v) is 12.4. The summed E-state index contributed by atoms with van der Waals surface area (Å²) >= 11 is 0. The van der Waals surface area contributed by atoms with E-state index in [0.29, 0.717) is 42.8 Å². The number of amides is 3. The van der Waals surface area contributed by atoms with Gasteiger partial charge in [-0.1, -0.05) is 44.2 Å². The highest BCUT2D eigenvalue weighted by molar-refractivity contribution is 5.91. The zero-order chi connectivity index (χ0) is 30.5. The maximum absolute atomic E-state index is 13.7. The smallest absolute Gasteiger partial charge is 0.407 e. The first-order chi connectivity index (χ1) is 20.7. The number of benzene rings is 2. The minimum absolute atomic E-state index is 0.0405. The van der Waals surface area contributed by atoms with Gasteiger partial charge in [-0.15, -0.1) is 0 Å². The number of rotatable bonds is 12. The van der Waals surface area contributed by atoms with Crippen molar-refractivity contribution in [2.45, 2.75) is 70.2 Å². The summed E-state index contributed by atoms with van der Waals surface area (Å²) in [6.07, 6.45) is 0.478. The molecule has 7 unspecified atom stereocenters. The second-order valence-electron chi connectivity index (χ2n) is 12.4. The quantitative estimate of drug-likeness (QED) is 0.373. The summed E-state index contributed by atoms with van der Waals surface area (Å²) in [7, 11) is 3.31. The van der Waals surface area contributed by atoms with E-state index in [1.807, 2.05) is 42.5 Å². The second kappa shape index (κ2) is 14.0. The molecule has 5 rings (SSSR count). The summed E-state index contributed by atoms with van der Waals surface area (Å²) in [6, 6.07) is 16.0. The predicted molar refractivity (Wildman–Crippen MR) is 162 cm³/mol. The summed E-state index contributed by atoms with van der Waals surface area (Å²) < 4.78 is 23.0. The number of methoxy groups -OCH3 is 1. The lowest BCUT2D eigenvalue weighted by molar-refractivity contribution is -0.153. The molecule has 0 spiro atoms. The average Bonchev–Trinajstić information content (AvgIpc) is 3.31. The van der Waals surface area contributed by atoms with E-state index in [1.165, 1.54) is 0 Å². The molecule has 7 atom stereocenters. The van der Waals surface area contributed by atoms with E-state index in [1.54, 1.807) is 36.1 Å². The number of carbonyl (C=O) groups is 2. The molecule has 2 aliphatic heterocycles. The zero-order valence-electron chi connectivity index (χ0n) is 25.6. The van der Waals surface area contributed by atoms with Crippen molar-refractivity contribution in [1.82, 2.24) is 10.2 Å². The molecular weight excluding hydrogens is 550 g/mol. The number of fused-ring (bicyclic) bond motifs is 2. The summed E-state index contributed by atoms with van der Waals surface area (Å²) in [5.74, 6) is 1.53. The molecule has 3 amide bonds. The Morgan fingerprint density at radius 3 is 2.51 bits per heavy atom. The third-order valence-corrected chi connectivity index (χ3v) is 8.85. The van der Waals surface area contributed by atoms with Gasteiger partial charge in [0.05, 0.1) is 38.5 Å². The minimum atomic E-state index is -1.05. The van der Waals surface area contributed by atoms with Crippen molar-refractivity contribution in [2.24, 2.45) is 17.8 Å². The Kier molecular flexibility index (Phi) is 10.1. The standard InChI is InChI=1S/C33H45N3O7/c1-21(2)14-15-36(33(39)35(3)25-10-12-26(40-4)13-11-25)19-28(37)27(16-22-8-6-5-7-9-22)34-32(38)43-30-24-17-23-18-29(30)42-31(23)41-20-24/h5-13,21,23-24,27-31,37H,14-20H2,1-4H3,(H,34,38). The van der Waals surface area contributed by atoms with Crippen LogP contribution in [0.2, 0.25) is 0 Å².